The summed E-state index contributed by atoms with van der Waals surface area (Å²) < 4.78 is 4.43. The first-order valence-corrected chi connectivity index (χ1v) is 3.60. The molecule has 0 bridgehead atoms. The molecule has 0 spiro atoms. The van der Waals surface area contributed by atoms with Gasteiger partial charge in [0.25, 0.3) is 5.97 Å². The normalized spacial score (nSPS) is 5.43. The van der Waals surface area contributed by atoms with Gasteiger partial charge in [-0.3, -0.25) is 4.79 Å². The quantitative estimate of drug-likeness (QED) is 0.360. The second-order valence-corrected chi connectivity index (χ2v) is 1.18. The van der Waals surface area contributed by atoms with E-state index in [1.54, 1.807) is 0 Å². The zero-order valence-corrected chi connectivity index (χ0v) is 11.0. The Morgan fingerprint density at radius 3 is 1.50 bits per heavy atom. The third kappa shape index (κ3) is 89.4. The van der Waals surface area contributed by atoms with E-state index >= 15 is 0 Å². The molecule has 5 nitrogen and oxygen atoms in total. The zero-order valence-electron chi connectivity index (χ0n) is 9.44. The fourth-order valence-electron chi connectivity index (χ4n) is 0.201. The summed E-state index contributed by atoms with van der Waals surface area (Å²) >= 11 is 0. The van der Waals surface area contributed by atoms with Gasteiger partial charge in [0.1, 0.15) is 0 Å². The van der Waals surface area contributed by atoms with Gasteiger partial charge in [-0.2, -0.15) is 6.61 Å². The molecule has 0 aliphatic carbocycles. The number of hydrogen-bond donors (Lipinski definition) is 3. The molecule has 0 radical (unpaired) electrons. The molecule has 0 rings (SSSR count). The van der Waals surface area contributed by atoms with Crippen LogP contribution in [0, 0.1) is 6.61 Å². The van der Waals surface area contributed by atoms with Crippen LogP contribution in [0.2, 0.25) is 0 Å². The Bertz CT molecular complexity index is 70.8. The molecule has 0 amide bonds. The molecule has 0 aromatic carbocycles. The molecule has 3 N–H and O–H groups in total. The van der Waals surface area contributed by atoms with E-state index in [0.29, 0.717) is 0 Å². The fourth-order valence-corrected chi connectivity index (χ4v) is 0.201. The number of hydrogen-bond acceptors (Lipinski definition) is 5. The minimum absolute atomic E-state index is 0. The average molecular weight is 245 g/mol. The van der Waals surface area contributed by atoms with Crippen LogP contribution in [0.25, 0.3) is 0 Å². The maximum atomic E-state index is 9.95. The Balaban J connectivity index is -0.0000000332. The van der Waals surface area contributed by atoms with Gasteiger partial charge in [-0.1, -0.05) is 6.92 Å². The van der Waals surface area contributed by atoms with Gasteiger partial charge < -0.3 is 20.1 Å². The standard InChI is InChI=1S/C5H9O2.3CH4O.Ti/c1-3-4-7-5(2)6;3*1-2;/h4H,3H2,1-2H3;3*2H,1H3;/q-1;;;;. The third-order valence-corrected chi connectivity index (χ3v) is 0.416. The van der Waals surface area contributed by atoms with Gasteiger partial charge in [-0.15, -0.1) is 6.42 Å². The van der Waals surface area contributed by atoms with Crippen molar-refractivity contribution in [3.05, 3.63) is 6.61 Å². The van der Waals surface area contributed by atoms with Crippen LogP contribution < -0.4 is 0 Å². The summed E-state index contributed by atoms with van der Waals surface area (Å²) in [5, 5.41) is 21.0. The summed E-state index contributed by atoms with van der Waals surface area (Å²) in [5.41, 5.74) is 0. The Kier molecular flexibility index (Phi) is 108. The number of carbonyl (C=O) groups excluding carboxylic acids is 1. The van der Waals surface area contributed by atoms with Crippen molar-refractivity contribution in [2.45, 2.75) is 20.3 Å². The van der Waals surface area contributed by atoms with Crippen LogP contribution in [-0.4, -0.2) is 42.6 Å². The zero-order chi connectivity index (χ0) is 11.7. The van der Waals surface area contributed by atoms with Crippen molar-refractivity contribution in [1.29, 1.82) is 0 Å². The Morgan fingerprint density at radius 2 is 1.43 bits per heavy atom. The molecule has 0 aromatic heterocycles. The van der Waals surface area contributed by atoms with Crippen molar-refractivity contribution in [3.8, 4) is 0 Å². The van der Waals surface area contributed by atoms with Crippen LogP contribution in [0.3, 0.4) is 0 Å². The van der Waals surface area contributed by atoms with Crippen molar-refractivity contribution >= 4 is 5.97 Å². The van der Waals surface area contributed by atoms with Gasteiger partial charge in [-0.25, -0.2) is 0 Å². The summed E-state index contributed by atoms with van der Waals surface area (Å²) in [6.07, 6.45) is 0.777. The Morgan fingerprint density at radius 1 is 1.14 bits per heavy atom. The second kappa shape index (κ2) is 51.7. The van der Waals surface area contributed by atoms with Gasteiger partial charge >= 0.3 is 0 Å². The maximum Gasteiger partial charge on any atom is 0.271 e. The molecule has 0 saturated heterocycles. The van der Waals surface area contributed by atoms with Crippen molar-refractivity contribution in [2.75, 3.05) is 21.3 Å². The number of aliphatic hydroxyl groups excluding tert-OH is 3. The molecule has 6 heteroatoms. The predicted octanol–water partition coefficient (Wildman–Crippen LogP) is -0.0557. The Labute approximate surface area is 101 Å². The number of esters is 1. The molecule has 0 aliphatic rings. The van der Waals surface area contributed by atoms with E-state index in [9.17, 15) is 4.79 Å². The smallest absolute Gasteiger partial charge is 0.271 e. The van der Waals surface area contributed by atoms with Crippen molar-refractivity contribution < 1.29 is 46.6 Å². The van der Waals surface area contributed by atoms with Gasteiger partial charge in [-0.05, 0) is 0 Å². The van der Waals surface area contributed by atoms with Crippen molar-refractivity contribution in [1.82, 2.24) is 0 Å². The second-order valence-electron chi connectivity index (χ2n) is 1.18. The van der Waals surface area contributed by atoms with Crippen LogP contribution in [0.5, 0.6) is 0 Å². The number of carbonyl (C=O) groups is 1. The summed E-state index contributed by atoms with van der Waals surface area (Å²) in [4.78, 5) is 9.95. The summed E-state index contributed by atoms with van der Waals surface area (Å²) in [7, 11) is 3.00. The molecule has 0 aromatic rings. The monoisotopic (exact) mass is 245 g/mol. The van der Waals surface area contributed by atoms with E-state index in [2.05, 4.69) is 4.74 Å². The largest absolute Gasteiger partial charge is 0.637 e. The molecule has 14 heavy (non-hydrogen) atoms. The van der Waals surface area contributed by atoms with E-state index in [1.165, 1.54) is 13.5 Å². The van der Waals surface area contributed by atoms with Crippen LogP contribution in [0.15, 0.2) is 0 Å². The van der Waals surface area contributed by atoms with Crippen LogP contribution in [-0.2, 0) is 31.2 Å². The van der Waals surface area contributed by atoms with Gasteiger partial charge in [0.2, 0.25) is 0 Å². The molecule has 88 valence electrons. The summed E-state index contributed by atoms with van der Waals surface area (Å²) in [6.45, 7) is 4.76. The number of ether oxygens (including phenoxy) is 1. The van der Waals surface area contributed by atoms with Crippen molar-refractivity contribution in [3.63, 3.8) is 0 Å². The molecule has 0 fully saturated rings. The summed E-state index contributed by atoms with van der Waals surface area (Å²) in [6, 6.07) is 0. The molecule has 0 unspecified atom stereocenters. The van der Waals surface area contributed by atoms with Crippen molar-refractivity contribution in [2.24, 2.45) is 0 Å². The predicted molar refractivity (Wildman–Crippen MR) is 50.8 cm³/mol. The molecular formula is C8H21O5Ti-. The van der Waals surface area contributed by atoms with Crippen LogP contribution in [0.1, 0.15) is 20.3 Å². The topological polar surface area (TPSA) is 87.0 Å². The first-order chi connectivity index (χ1) is 6.27. The maximum absolute atomic E-state index is 9.95. The van der Waals surface area contributed by atoms with Gasteiger partial charge in [0.05, 0.1) is 0 Å². The number of rotatable bonds is 2. The first kappa shape index (κ1) is 29.2. The van der Waals surface area contributed by atoms with E-state index in [-0.39, 0.29) is 27.7 Å². The SMILES string of the molecule is CC[CH-]OC(C)=O.CO.CO.CO.[Ti]. The Hall–Kier alpha value is 0.0643. The minimum Gasteiger partial charge on any atom is -0.637 e. The fraction of sp³-hybridized carbons (Fsp3) is 0.750. The van der Waals surface area contributed by atoms with Crippen LogP contribution in [0.4, 0.5) is 0 Å². The van der Waals surface area contributed by atoms with Crippen LogP contribution >= 0.6 is 0 Å². The van der Waals surface area contributed by atoms with E-state index in [1.807, 2.05) is 6.92 Å². The average Bonchev–Trinajstić information content (AvgIpc) is 2.24. The molecule has 0 atom stereocenters. The molecule has 0 heterocycles. The van der Waals surface area contributed by atoms with Gasteiger partial charge in [0, 0.05) is 50.0 Å². The molecule has 0 saturated carbocycles. The summed E-state index contributed by atoms with van der Waals surface area (Å²) in [5.74, 6) is -0.248. The first-order valence-electron chi connectivity index (χ1n) is 3.60. The third-order valence-electron chi connectivity index (χ3n) is 0.416. The number of aliphatic hydroxyl groups is 3. The van der Waals surface area contributed by atoms with Gasteiger partial charge in [0.15, 0.2) is 0 Å². The van der Waals surface area contributed by atoms with E-state index in [4.69, 9.17) is 15.3 Å². The molecular weight excluding hydrogens is 224 g/mol. The van der Waals surface area contributed by atoms with E-state index in [0.717, 1.165) is 27.8 Å². The minimum atomic E-state index is -0.248. The van der Waals surface area contributed by atoms with E-state index < -0.39 is 0 Å². The molecule has 0 aliphatic heterocycles.